The maximum Gasteiger partial charge on any atom is 0.185 e. The summed E-state index contributed by atoms with van der Waals surface area (Å²) in [6.45, 7) is 2.00. The minimum atomic E-state index is 0.0904. The highest BCUT2D eigenvalue weighted by Gasteiger charge is 2.10. The summed E-state index contributed by atoms with van der Waals surface area (Å²) in [6, 6.07) is 8.16. The fourth-order valence-electron chi connectivity index (χ4n) is 2.53. The number of carbonyl (C=O) groups excluding carboxylic acids is 1. The quantitative estimate of drug-likeness (QED) is 0.817. The standard InChI is InChI=1S/C18H17NO/c1-13-4-2-3-5-16(13)18(20)9-7-14-6-8-17-15(12-14)10-11-19-17/h4-12,19H,2-3H2,1H3/b9-7+. The van der Waals surface area contributed by atoms with Gasteiger partial charge in [0.2, 0.25) is 0 Å². The first-order valence-corrected chi connectivity index (χ1v) is 6.91. The van der Waals surface area contributed by atoms with Gasteiger partial charge in [0.25, 0.3) is 0 Å². The molecule has 1 aromatic carbocycles. The lowest BCUT2D eigenvalue weighted by Crippen LogP contribution is -2.02. The molecule has 3 rings (SSSR count). The number of aromatic amines is 1. The summed E-state index contributed by atoms with van der Waals surface area (Å²) >= 11 is 0. The van der Waals surface area contributed by atoms with Crippen LogP contribution >= 0.6 is 0 Å². The highest BCUT2D eigenvalue weighted by atomic mass is 16.1. The number of hydrogen-bond donors (Lipinski definition) is 1. The molecule has 1 N–H and O–H groups in total. The second-order valence-electron chi connectivity index (χ2n) is 5.10. The van der Waals surface area contributed by atoms with E-state index in [0.717, 1.165) is 40.5 Å². The third-order valence-electron chi connectivity index (χ3n) is 3.66. The van der Waals surface area contributed by atoms with Crippen LogP contribution in [0, 0.1) is 0 Å². The van der Waals surface area contributed by atoms with E-state index in [9.17, 15) is 4.79 Å². The molecule has 0 fully saturated rings. The third kappa shape index (κ3) is 2.50. The fourth-order valence-corrected chi connectivity index (χ4v) is 2.53. The summed E-state index contributed by atoms with van der Waals surface area (Å²) in [4.78, 5) is 15.4. The topological polar surface area (TPSA) is 32.9 Å². The predicted molar refractivity (Wildman–Crippen MR) is 83.4 cm³/mol. The number of H-pyrrole nitrogens is 1. The lowest BCUT2D eigenvalue weighted by Gasteiger charge is -2.09. The van der Waals surface area contributed by atoms with Crippen LogP contribution in [-0.2, 0) is 4.79 Å². The number of allylic oxidation sites excluding steroid dienone is 5. The van der Waals surface area contributed by atoms with E-state index < -0.39 is 0 Å². The van der Waals surface area contributed by atoms with Gasteiger partial charge in [-0.3, -0.25) is 4.79 Å². The number of rotatable bonds is 3. The molecule has 20 heavy (non-hydrogen) atoms. The Kier molecular flexibility index (Phi) is 3.38. The van der Waals surface area contributed by atoms with Gasteiger partial charge in [-0.2, -0.15) is 0 Å². The first kappa shape index (κ1) is 12.7. The Morgan fingerprint density at radius 2 is 2.05 bits per heavy atom. The normalized spacial score (nSPS) is 15.4. The average Bonchev–Trinajstić information content (AvgIpc) is 2.92. The monoisotopic (exact) mass is 263 g/mol. The fraction of sp³-hybridized carbons (Fsp3) is 0.167. The van der Waals surface area contributed by atoms with Crippen LogP contribution in [-0.4, -0.2) is 10.8 Å². The number of hydrogen-bond acceptors (Lipinski definition) is 1. The van der Waals surface area contributed by atoms with E-state index in [-0.39, 0.29) is 5.78 Å². The molecule has 0 radical (unpaired) electrons. The van der Waals surface area contributed by atoms with E-state index in [2.05, 4.69) is 17.1 Å². The number of aromatic nitrogens is 1. The molecule has 2 heteroatoms. The van der Waals surface area contributed by atoms with Crippen LogP contribution in [0.25, 0.3) is 17.0 Å². The Hall–Kier alpha value is -2.35. The molecule has 0 saturated heterocycles. The van der Waals surface area contributed by atoms with Crippen molar-refractivity contribution in [3.8, 4) is 0 Å². The van der Waals surface area contributed by atoms with Crippen LogP contribution in [0.5, 0.6) is 0 Å². The summed E-state index contributed by atoms with van der Waals surface area (Å²) in [5, 5.41) is 1.16. The van der Waals surface area contributed by atoms with Crippen LogP contribution in [0.2, 0.25) is 0 Å². The van der Waals surface area contributed by atoms with E-state index in [1.165, 1.54) is 0 Å². The zero-order valence-electron chi connectivity index (χ0n) is 11.5. The van der Waals surface area contributed by atoms with Crippen molar-refractivity contribution in [3.05, 3.63) is 65.4 Å². The van der Waals surface area contributed by atoms with Crippen LogP contribution in [0.1, 0.15) is 25.3 Å². The summed E-state index contributed by atoms with van der Waals surface area (Å²) in [5.41, 5.74) is 4.09. The smallest absolute Gasteiger partial charge is 0.185 e. The average molecular weight is 263 g/mol. The van der Waals surface area contributed by atoms with E-state index >= 15 is 0 Å². The van der Waals surface area contributed by atoms with Crippen molar-refractivity contribution in [2.24, 2.45) is 0 Å². The molecule has 1 aromatic heterocycles. The zero-order chi connectivity index (χ0) is 13.9. The van der Waals surface area contributed by atoms with E-state index in [1.807, 2.05) is 43.5 Å². The lowest BCUT2D eigenvalue weighted by molar-refractivity contribution is -0.111. The Morgan fingerprint density at radius 1 is 1.20 bits per heavy atom. The van der Waals surface area contributed by atoms with Gasteiger partial charge in [0.05, 0.1) is 0 Å². The minimum Gasteiger partial charge on any atom is -0.361 e. The molecule has 1 heterocycles. The Balaban J connectivity index is 1.81. The van der Waals surface area contributed by atoms with Crippen LogP contribution in [0.3, 0.4) is 0 Å². The second kappa shape index (κ2) is 5.33. The predicted octanol–water partition coefficient (Wildman–Crippen LogP) is 4.42. The molecule has 1 aliphatic carbocycles. The van der Waals surface area contributed by atoms with Crippen LogP contribution in [0.4, 0.5) is 0 Å². The summed E-state index contributed by atoms with van der Waals surface area (Å²) in [5.74, 6) is 0.0904. The van der Waals surface area contributed by atoms with E-state index in [0.29, 0.717) is 0 Å². The van der Waals surface area contributed by atoms with Gasteiger partial charge in [0.15, 0.2) is 5.78 Å². The van der Waals surface area contributed by atoms with Gasteiger partial charge in [-0.25, -0.2) is 0 Å². The van der Waals surface area contributed by atoms with Gasteiger partial charge in [0.1, 0.15) is 0 Å². The van der Waals surface area contributed by atoms with E-state index in [1.54, 1.807) is 6.08 Å². The molecule has 0 atom stereocenters. The molecule has 100 valence electrons. The van der Waals surface area contributed by atoms with Crippen molar-refractivity contribution in [1.29, 1.82) is 0 Å². The number of nitrogens with one attached hydrogen (secondary N) is 1. The largest absolute Gasteiger partial charge is 0.361 e. The van der Waals surface area contributed by atoms with Crippen molar-refractivity contribution in [1.82, 2.24) is 4.98 Å². The molecule has 1 aliphatic rings. The number of benzene rings is 1. The number of ketones is 1. The Bertz CT molecular complexity index is 744. The van der Waals surface area contributed by atoms with Gasteiger partial charge in [-0.05, 0) is 60.6 Å². The molecule has 0 unspecified atom stereocenters. The van der Waals surface area contributed by atoms with E-state index in [4.69, 9.17) is 0 Å². The SMILES string of the molecule is CC1=CCCC=C1C(=O)/C=C/c1ccc2[nH]ccc2c1. The summed E-state index contributed by atoms with van der Waals surface area (Å²) in [7, 11) is 0. The second-order valence-corrected chi connectivity index (χ2v) is 5.10. The van der Waals surface area contributed by atoms with Gasteiger partial charge in [-0.1, -0.05) is 24.3 Å². The Morgan fingerprint density at radius 3 is 2.90 bits per heavy atom. The number of carbonyl (C=O) groups is 1. The minimum absolute atomic E-state index is 0.0904. The first-order valence-electron chi connectivity index (χ1n) is 6.91. The molecule has 0 saturated carbocycles. The van der Waals surface area contributed by atoms with Gasteiger partial charge >= 0.3 is 0 Å². The third-order valence-corrected chi connectivity index (χ3v) is 3.66. The molecule has 2 aromatic rings. The molecule has 2 nitrogen and oxygen atoms in total. The highest BCUT2D eigenvalue weighted by molar-refractivity contribution is 6.09. The Labute approximate surface area is 118 Å². The van der Waals surface area contributed by atoms with Gasteiger partial charge < -0.3 is 4.98 Å². The molecular formula is C18H17NO. The molecule has 0 spiro atoms. The summed E-state index contributed by atoms with van der Waals surface area (Å²) in [6.07, 6.45) is 11.6. The summed E-state index contributed by atoms with van der Waals surface area (Å²) < 4.78 is 0. The highest BCUT2D eigenvalue weighted by Crippen LogP contribution is 2.20. The molecular weight excluding hydrogens is 246 g/mol. The first-order chi connectivity index (χ1) is 9.74. The van der Waals surface area contributed by atoms with Gasteiger partial charge in [-0.15, -0.1) is 0 Å². The van der Waals surface area contributed by atoms with Crippen LogP contribution < -0.4 is 0 Å². The lowest BCUT2D eigenvalue weighted by atomic mass is 9.95. The zero-order valence-corrected chi connectivity index (χ0v) is 11.5. The number of fused-ring (bicyclic) bond motifs is 1. The van der Waals surface area contributed by atoms with Crippen molar-refractivity contribution in [3.63, 3.8) is 0 Å². The van der Waals surface area contributed by atoms with Crippen molar-refractivity contribution in [2.45, 2.75) is 19.8 Å². The maximum absolute atomic E-state index is 12.2. The van der Waals surface area contributed by atoms with Crippen molar-refractivity contribution >= 4 is 22.8 Å². The van der Waals surface area contributed by atoms with Crippen molar-refractivity contribution < 1.29 is 4.79 Å². The maximum atomic E-state index is 12.2. The molecule has 0 amide bonds. The molecule has 0 bridgehead atoms. The molecule has 0 aliphatic heterocycles. The van der Waals surface area contributed by atoms with Crippen LogP contribution in [0.15, 0.2) is 59.8 Å². The van der Waals surface area contributed by atoms with Crippen molar-refractivity contribution in [2.75, 3.05) is 0 Å². The van der Waals surface area contributed by atoms with Gasteiger partial charge in [0, 0.05) is 17.3 Å².